The fourth-order valence-corrected chi connectivity index (χ4v) is 2.56. The number of benzene rings is 1. The molecule has 19 heavy (non-hydrogen) atoms. The Hall–Kier alpha value is -1.64. The lowest BCUT2D eigenvalue weighted by Crippen LogP contribution is -2.38. The zero-order chi connectivity index (χ0) is 13.7. The SMILES string of the molecule is CCCCC(=O)[C@@H]1CCC(=O)N1Cc1ccccc1. The van der Waals surface area contributed by atoms with Gasteiger partial charge in [-0.2, -0.15) is 0 Å². The van der Waals surface area contributed by atoms with Crippen LogP contribution in [0.25, 0.3) is 0 Å². The standard InChI is InChI=1S/C16H21NO2/c1-2-3-9-15(18)14-10-11-16(19)17(14)12-13-7-5-4-6-8-13/h4-8,14H,2-3,9-12H2,1H3/t14-/m0/s1. The monoisotopic (exact) mass is 259 g/mol. The van der Waals surface area contributed by atoms with Crippen molar-refractivity contribution < 1.29 is 9.59 Å². The molecule has 0 aromatic heterocycles. The Balaban J connectivity index is 2.03. The van der Waals surface area contributed by atoms with E-state index in [-0.39, 0.29) is 17.7 Å². The lowest BCUT2D eigenvalue weighted by molar-refractivity contribution is -0.135. The van der Waals surface area contributed by atoms with Gasteiger partial charge in [-0.05, 0) is 18.4 Å². The van der Waals surface area contributed by atoms with Crippen molar-refractivity contribution in [3.8, 4) is 0 Å². The molecule has 1 saturated heterocycles. The molecule has 1 aliphatic heterocycles. The van der Waals surface area contributed by atoms with Crippen LogP contribution in [0.1, 0.15) is 44.6 Å². The van der Waals surface area contributed by atoms with Crippen molar-refractivity contribution in [2.75, 3.05) is 0 Å². The second-order valence-corrected chi connectivity index (χ2v) is 5.13. The van der Waals surface area contributed by atoms with Crippen molar-refractivity contribution in [1.29, 1.82) is 0 Å². The van der Waals surface area contributed by atoms with Crippen LogP contribution in [0.15, 0.2) is 30.3 Å². The highest BCUT2D eigenvalue weighted by molar-refractivity contribution is 5.92. The molecule has 0 aliphatic carbocycles. The Morgan fingerprint density at radius 3 is 2.74 bits per heavy atom. The van der Waals surface area contributed by atoms with Gasteiger partial charge in [-0.3, -0.25) is 9.59 Å². The van der Waals surface area contributed by atoms with Crippen molar-refractivity contribution >= 4 is 11.7 Å². The van der Waals surface area contributed by atoms with Gasteiger partial charge in [0.25, 0.3) is 0 Å². The van der Waals surface area contributed by atoms with Gasteiger partial charge in [-0.15, -0.1) is 0 Å². The maximum Gasteiger partial charge on any atom is 0.223 e. The number of rotatable bonds is 6. The summed E-state index contributed by atoms with van der Waals surface area (Å²) in [7, 11) is 0. The third-order valence-corrected chi connectivity index (χ3v) is 3.67. The van der Waals surface area contributed by atoms with Crippen molar-refractivity contribution in [3.63, 3.8) is 0 Å². The largest absolute Gasteiger partial charge is 0.328 e. The summed E-state index contributed by atoms with van der Waals surface area (Å²) >= 11 is 0. The van der Waals surface area contributed by atoms with Crippen LogP contribution < -0.4 is 0 Å². The van der Waals surface area contributed by atoms with Gasteiger partial charge in [0, 0.05) is 19.4 Å². The van der Waals surface area contributed by atoms with Crippen LogP contribution in [0.5, 0.6) is 0 Å². The molecule has 2 rings (SSSR count). The number of carbonyl (C=O) groups is 2. The van der Waals surface area contributed by atoms with E-state index in [4.69, 9.17) is 0 Å². The average Bonchev–Trinajstić information content (AvgIpc) is 2.79. The van der Waals surface area contributed by atoms with Crippen LogP contribution in [-0.4, -0.2) is 22.6 Å². The molecule has 0 spiro atoms. The summed E-state index contributed by atoms with van der Waals surface area (Å²) in [5.41, 5.74) is 1.09. The Kier molecular flexibility index (Phi) is 4.72. The minimum absolute atomic E-state index is 0.110. The summed E-state index contributed by atoms with van der Waals surface area (Å²) < 4.78 is 0. The van der Waals surface area contributed by atoms with Crippen molar-refractivity contribution in [2.45, 2.75) is 51.6 Å². The summed E-state index contributed by atoms with van der Waals surface area (Å²) in [6.07, 6.45) is 3.73. The normalized spacial score (nSPS) is 18.9. The van der Waals surface area contributed by atoms with Crippen LogP contribution in [-0.2, 0) is 16.1 Å². The maximum atomic E-state index is 12.2. The molecule has 0 radical (unpaired) electrons. The van der Waals surface area contributed by atoms with E-state index in [0.29, 0.717) is 25.8 Å². The van der Waals surface area contributed by atoms with E-state index >= 15 is 0 Å². The predicted octanol–water partition coefficient (Wildman–Crippen LogP) is 2.94. The van der Waals surface area contributed by atoms with Gasteiger partial charge in [-0.25, -0.2) is 0 Å². The quantitative estimate of drug-likeness (QED) is 0.787. The summed E-state index contributed by atoms with van der Waals surface area (Å²) in [5, 5.41) is 0. The topological polar surface area (TPSA) is 37.4 Å². The lowest BCUT2D eigenvalue weighted by Gasteiger charge is -2.24. The first-order valence-corrected chi connectivity index (χ1v) is 7.08. The van der Waals surface area contributed by atoms with E-state index in [2.05, 4.69) is 6.92 Å². The molecule has 0 N–H and O–H groups in total. The first-order chi connectivity index (χ1) is 9.22. The smallest absolute Gasteiger partial charge is 0.223 e. The Bertz CT molecular complexity index is 441. The summed E-state index contributed by atoms with van der Waals surface area (Å²) in [6.45, 7) is 2.64. The van der Waals surface area contributed by atoms with E-state index in [1.807, 2.05) is 30.3 Å². The van der Waals surface area contributed by atoms with Crippen LogP contribution in [0, 0.1) is 0 Å². The van der Waals surface area contributed by atoms with Gasteiger partial charge in [-0.1, -0.05) is 43.7 Å². The zero-order valence-electron chi connectivity index (χ0n) is 11.5. The maximum absolute atomic E-state index is 12.2. The van der Waals surface area contributed by atoms with Gasteiger partial charge in [0.2, 0.25) is 5.91 Å². The number of amides is 1. The first-order valence-electron chi connectivity index (χ1n) is 7.08. The van der Waals surface area contributed by atoms with E-state index < -0.39 is 0 Å². The number of unbranched alkanes of at least 4 members (excludes halogenated alkanes) is 1. The number of nitrogens with zero attached hydrogens (tertiary/aromatic N) is 1. The molecule has 1 amide bonds. The first kappa shape index (κ1) is 13.8. The molecular formula is C16H21NO2. The average molecular weight is 259 g/mol. The highest BCUT2D eigenvalue weighted by Gasteiger charge is 2.35. The molecule has 0 bridgehead atoms. The number of hydrogen-bond acceptors (Lipinski definition) is 2. The van der Waals surface area contributed by atoms with Crippen LogP contribution >= 0.6 is 0 Å². The van der Waals surface area contributed by atoms with Crippen molar-refractivity contribution in [1.82, 2.24) is 4.90 Å². The molecule has 102 valence electrons. The molecule has 0 saturated carbocycles. The fourth-order valence-electron chi connectivity index (χ4n) is 2.56. The lowest BCUT2D eigenvalue weighted by atomic mass is 10.0. The summed E-state index contributed by atoms with van der Waals surface area (Å²) in [6, 6.07) is 9.68. The van der Waals surface area contributed by atoms with E-state index in [9.17, 15) is 9.59 Å². The van der Waals surface area contributed by atoms with Gasteiger partial charge in [0.1, 0.15) is 0 Å². The van der Waals surface area contributed by atoms with Gasteiger partial charge < -0.3 is 4.90 Å². The third kappa shape index (κ3) is 3.43. The Morgan fingerprint density at radius 1 is 1.32 bits per heavy atom. The zero-order valence-corrected chi connectivity index (χ0v) is 11.5. The fraction of sp³-hybridized carbons (Fsp3) is 0.500. The van der Waals surface area contributed by atoms with E-state index in [1.54, 1.807) is 4.90 Å². The van der Waals surface area contributed by atoms with Gasteiger partial charge >= 0.3 is 0 Å². The number of hydrogen-bond donors (Lipinski definition) is 0. The highest BCUT2D eigenvalue weighted by Crippen LogP contribution is 2.23. The van der Waals surface area contributed by atoms with E-state index in [1.165, 1.54) is 0 Å². The highest BCUT2D eigenvalue weighted by atomic mass is 16.2. The minimum Gasteiger partial charge on any atom is -0.328 e. The minimum atomic E-state index is -0.195. The summed E-state index contributed by atoms with van der Waals surface area (Å²) in [4.78, 5) is 25.9. The number of carbonyl (C=O) groups excluding carboxylic acids is 2. The van der Waals surface area contributed by atoms with Gasteiger partial charge in [0.15, 0.2) is 5.78 Å². The molecule has 1 aliphatic rings. The molecule has 1 aromatic carbocycles. The molecule has 1 heterocycles. The molecular weight excluding hydrogens is 238 g/mol. The van der Waals surface area contributed by atoms with Gasteiger partial charge in [0.05, 0.1) is 6.04 Å². The van der Waals surface area contributed by atoms with E-state index in [0.717, 1.165) is 18.4 Å². The second kappa shape index (κ2) is 6.50. The van der Waals surface area contributed by atoms with Crippen LogP contribution in [0.3, 0.4) is 0 Å². The molecule has 3 heteroatoms. The van der Waals surface area contributed by atoms with Crippen molar-refractivity contribution in [3.05, 3.63) is 35.9 Å². The molecule has 1 atom stereocenters. The molecule has 0 unspecified atom stereocenters. The van der Waals surface area contributed by atoms with Crippen molar-refractivity contribution in [2.24, 2.45) is 0 Å². The summed E-state index contributed by atoms with van der Waals surface area (Å²) in [5.74, 6) is 0.335. The predicted molar refractivity (Wildman–Crippen MR) is 74.5 cm³/mol. The number of Topliss-reactive ketones (excluding diaryl/α,β-unsaturated/α-hetero) is 1. The number of ketones is 1. The Labute approximate surface area is 114 Å². The second-order valence-electron chi connectivity index (χ2n) is 5.13. The van der Waals surface area contributed by atoms with Crippen LogP contribution in [0.4, 0.5) is 0 Å². The number of likely N-dealkylation sites (tertiary alicyclic amines) is 1. The van der Waals surface area contributed by atoms with Crippen LogP contribution in [0.2, 0.25) is 0 Å². The molecule has 1 fully saturated rings. The third-order valence-electron chi connectivity index (χ3n) is 3.67. The Morgan fingerprint density at radius 2 is 2.05 bits per heavy atom. The molecule has 1 aromatic rings. The molecule has 3 nitrogen and oxygen atoms in total.